The van der Waals surface area contributed by atoms with E-state index >= 15 is 0 Å². The van der Waals surface area contributed by atoms with Gasteiger partial charge in [-0.3, -0.25) is 4.99 Å². The summed E-state index contributed by atoms with van der Waals surface area (Å²) >= 11 is 0. The average Bonchev–Trinajstić information content (AvgIpc) is 3.24. The van der Waals surface area contributed by atoms with Crippen molar-refractivity contribution in [2.24, 2.45) is 10.9 Å². The third-order valence-electron chi connectivity index (χ3n) is 5.88. The normalized spacial score (nSPS) is 20.2. The van der Waals surface area contributed by atoms with Crippen LogP contribution >= 0.6 is 24.0 Å². The van der Waals surface area contributed by atoms with Gasteiger partial charge in [-0.2, -0.15) is 0 Å². The minimum Gasteiger partial charge on any atom is -0.497 e. The van der Waals surface area contributed by atoms with Crippen molar-refractivity contribution in [3.05, 3.63) is 48.5 Å². The number of ether oxygens (including phenoxy) is 1. The number of imidazole rings is 1. The van der Waals surface area contributed by atoms with Crippen LogP contribution in [-0.4, -0.2) is 54.2 Å². The number of aliphatic imine (C=N–C) groups is 1. The third kappa shape index (κ3) is 5.65. The number of rotatable bonds is 5. The summed E-state index contributed by atoms with van der Waals surface area (Å²) in [6.07, 6.45) is 6.98. The van der Waals surface area contributed by atoms with Gasteiger partial charge in [-0.25, -0.2) is 4.98 Å². The molecule has 6 nitrogen and oxygen atoms in total. The van der Waals surface area contributed by atoms with Gasteiger partial charge in [-0.15, -0.1) is 24.0 Å². The third-order valence-corrected chi connectivity index (χ3v) is 5.88. The summed E-state index contributed by atoms with van der Waals surface area (Å²) in [6.45, 7) is 9.57. The zero-order chi connectivity index (χ0) is 20.1. The van der Waals surface area contributed by atoms with Crippen LogP contribution in [0.5, 0.6) is 5.75 Å². The first-order valence-corrected chi connectivity index (χ1v) is 10.0. The Morgan fingerprint density at radius 3 is 2.83 bits per heavy atom. The molecule has 0 bridgehead atoms. The van der Waals surface area contributed by atoms with Gasteiger partial charge in [0.05, 0.1) is 19.5 Å². The molecule has 1 saturated heterocycles. The van der Waals surface area contributed by atoms with Crippen molar-refractivity contribution in [3.8, 4) is 5.75 Å². The lowest BCUT2D eigenvalue weighted by Gasteiger charge is -2.40. The van der Waals surface area contributed by atoms with Gasteiger partial charge in [0.2, 0.25) is 0 Å². The molecule has 7 heteroatoms. The number of nitrogens with one attached hydrogen (secondary N) is 1. The largest absolute Gasteiger partial charge is 0.497 e. The van der Waals surface area contributed by atoms with E-state index in [-0.39, 0.29) is 29.4 Å². The van der Waals surface area contributed by atoms with Crippen molar-refractivity contribution in [3.63, 3.8) is 0 Å². The number of likely N-dealkylation sites (tertiary alicyclic amines) is 1. The monoisotopic (exact) mass is 511 g/mol. The molecule has 1 aromatic carbocycles. The SMILES string of the molecule is CN=C(NCC(C)(C)c1cccc(OC)c1)N1CCC(C)C(n2ccnc2)C1.I. The van der Waals surface area contributed by atoms with Gasteiger partial charge in [0, 0.05) is 44.5 Å². The first-order valence-electron chi connectivity index (χ1n) is 10.0. The lowest BCUT2D eigenvalue weighted by atomic mass is 9.84. The average molecular weight is 511 g/mol. The van der Waals surface area contributed by atoms with Gasteiger partial charge in [0.15, 0.2) is 5.96 Å². The van der Waals surface area contributed by atoms with Crippen molar-refractivity contribution < 1.29 is 4.74 Å². The van der Waals surface area contributed by atoms with E-state index in [9.17, 15) is 0 Å². The second-order valence-electron chi connectivity index (χ2n) is 8.31. The van der Waals surface area contributed by atoms with Gasteiger partial charge in [-0.1, -0.05) is 32.9 Å². The highest BCUT2D eigenvalue weighted by molar-refractivity contribution is 14.0. The van der Waals surface area contributed by atoms with Crippen LogP contribution < -0.4 is 10.1 Å². The van der Waals surface area contributed by atoms with Crippen LogP contribution in [0.2, 0.25) is 0 Å². The Balaban J connectivity index is 0.00000300. The molecule has 0 saturated carbocycles. The van der Waals surface area contributed by atoms with Crippen LogP contribution in [0, 0.1) is 5.92 Å². The minimum absolute atomic E-state index is 0. The molecule has 3 rings (SSSR count). The smallest absolute Gasteiger partial charge is 0.193 e. The van der Waals surface area contributed by atoms with Gasteiger partial charge < -0.3 is 19.5 Å². The fraction of sp³-hybridized carbons (Fsp3) is 0.545. The molecule has 0 radical (unpaired) electrons. The molecule has 29 heavy (non-hydrogen) atoms. The summed E-state index contributed by atoms with van der Waals surface area (Å²) in [4.78, 5) is 11.2. The second kappa shape index (κ2) is 10.3. The molecular formula is C22H34IN5O. The zero-order valence-electron chi connectivity index (χ0n) is 18.1. The summed E-state index contributed by atoms with van der Waals surface area (Å²) in [5, 5.41) is 3.61. The van der Waals surface area contributed by atoms with Crippen LogP contribution in [0.1, 0.15) is 38.8 Å². The maximum Gasteiger partial charge on any atom is 0.193 e. The molecular weight excluding hydrogens is 477 g/mol. The lowest BCUT2D eigenvalue weighted by molar-refractivity contribution is 0.188. The van der Waals surface area contributed by atoms with E-state index in [1.54, 1.807) is 7.11 Å². The van der Waals surface area contributed by atoms with Gasteiger partial charge >= 0.3 is 0 Å². The summed E-state index contributed by atoms with van der Waals surface area (Å²) in [5.41, 5.74) is 1.20. The molecule has 0 amide bonds. The molecule has 160 valence electrons. The minimum atomic E-state index is -0.0443. The Labute approximate surface area is 191 Å². The first kappa shape index (κ1) is 23.5. The van der Waals surface area contributed by atoms with Gasteiger partial charge in [0.25, 0.3) is 0 Å². The van der Waals surface area contributed by atoms with Gasteiger partial charge in [-0.05, 0) is 30.0 Å². The van der Waals surface area contributed by atoms with E-state index in [2.05, 4.69) is 63.9 Å². The number of nitrogens with zero attached hydrogens (tertiary/aromatic N) is 4. The lowest BCUT2D eigenvalue weighted by Crippen LogP contribution is -2.51. The van der Waals surface area contributed by atoms with Crippen molar-refractivity contribution in [1.82, 2.24) is 19.8 Å². The van der Waals surface area contributed by atoms with Crippen molar-refractivity contribution in [2.75, 3.05) is 33.8 Å². The number of aromatic nitrogens is 2. The van der Waals surface area contributed by atoms with E-state index in [4.69, 9.17) is 4.74 Å². The highest BCUT2D eigenvalue weighted by Crippen LogP contribution is 2.28. The first-order chi connectivity index (χ1) is 13.4. The summed E-state index contributed by atoms with van der Waals surface area (Å²) < 4.78 is 7.62. The predicted octanol–water partition coefficient (Wildman–Crippen LogP) is 3.95. The fourth-order valence-electron chi connectivity index (χ4n) is 3.87. The highest BCUT2D eigenvalue weighted by Gasteiger charge is 2.30. The zero-order valence-corrected chi connectivity index (χ0v) is 20.5. The molecule has 2 aromatic rings. The Morgan fingerprint density at radius 1 is 1.38 bits per heavy atom. The van der Waals surface area contributed by atoms with Crippen LogP contribution in [-0.2, 0) is 5.41 Å². The molecule has 1 N–H and O–H groups in total. The van der Waals surface area contributed by atoms with E-state index in [0.717, 1.165) is 37.8 Å². The Hall–Kier alpha value is -1.77. The molecule has 0 aliphatic carbocycles. The number of methoxy groups -OCH3 is 1. The highest BCUT2D eigenvalue weighted by atomic mass is 127. The Bertz CT molecular complexity index is 790. The number of hydrogen-bond acceptors (Lipinski definition) is 3. The molecule has 1 fully saturated rings. The summed E-state index contributed by atoms with van der Waals surface area (Å²) in [5.74, 6) is 2.48. The van der Waals surface area contributed by atoms with Crippen molar-refractivity contribution >= 4 is 29.9 Å². The number of piperidine rings is 1. The second-order valence-corrected chi connectivity index (χ2v) is 8.31. The predicted molar refractivity (Wildman–Crippen MR) is 129 cm³/mol. The summed E-state index contributed by atoms with van der Waals surface area (Å²) in [6, 6.07) is 8.72. The molecule has 1 aliphatic heterocycles. The van der Waals surface area contributed by atoms with Crippen LogP contribution in [0.25, 0.3) is 0 Å². The van der Waals surface area contributed by atoms with Crippen molar-refractivity contribution in [2.45, 2.75) is 38.6 Å². The van der Waals surface area contributed by atoms with Crippen molar-refractivity contribution in [1.29, 1.82) is 0 Å². The fourth-order valence-corrected chi connectivity index (χ4v) is 3.87. The van der Waals surface area contributed by atoms with Crippen LogP contribution in [0.15, 0.2) is 48.0 Å². The van der Waals surface area contributed by atoms with Crippen LogP contribution in [0.3, 0.4) is 0 Å². The summed E-state index contributed by atoms with van der Waals surface area (Å²) in [7, 11) is 3.57. The van der Waals surface area contributed by atoms with E-state index in [0.29, 0.717) is 12.0 Å². The maximum absolute atomic E-state index is 5.39. The molecule has 1 aromatic heterocycles. The van der Waals surface area contributed by atoms with Gasteiger partial charge in [0.1, 0.15) is 5.75 Å². The Morgan fingerprint density at radius 2 is 2.17 bits per heavy atom. The molecule has 2 heterocycles. The molecule has 2 atom stereocenters. The standard InChI is InChI=1S/C22H33N5O.HI/c1-17-9-11-26(14-20(17)27-12-10-24-16-27)21(23-4)25-15-22(2,3)18-7-6-8-19(13-18)28-5;/h6-8,10,12-13,16-17,20H,9,11,14-15H2,1-5H3,(H,23,25);1H. The number of halogens is 1. The van der Waals surface area contributed by atoms with E-state index in [1.807, 2.05) is 31.7 Å². The number of guanidine groups is 1. The Kier molecular flexibility index (Phi) is 8.36. The van der Waals surface area contributed by atoms with E-state index in [1.165, 1.54) is 5.56 Å². The molecule has 0 spiro atoms. The van der Waals surface area contributed by atoms with Crippen LogP contribution in [0.4, 0.5) is 0 Å². The number of benzene rings is 1. The quantitative estimate of drug-likeness (QED) is 0.376. The number of hydrogen-bond donors (Lipinski definition) is 1. The molecule has 1 aliphatic rings. The molecule has 2 unspecified atom stereocenters. The van der Waals surface area contributed by atoms with E-state index < -0.39 is 0 Å². The topological polar surface area (TPSA) is 54.7 Å². The maximum atomic E-state index is 5.39.